The van der Waals surface area contributed by atoms with Crippen molar-refractivity contribution in [1.29, 1.82) is 0 Å². The van der Waals surface area contributed by atoms with Gasteiger partial charge in [-0.3, -0.25) is 0 Å². The Balaban J connectivity index is 1.03. The fourth-order valence-electron chi connectivity index (χ4n) is 10.4. The molecule has 0 amide bonds. The number of rotatable bonds is 11. The molecule has 0 fully saturated rings. The molecule has 0 saturated heterocycles. The predicted molar refractivity (Wildman–Crippen MR) is 304 cm³/mol. The van der Waals surface area contributed by atoms with E-state index < -0.39 is 0 Å². The Hall–Kier alpha value is -9.64. The van der Waals surface area contributed by atoms with Crippen molar-refractivity contribution in [3.8, 4) is 22.3 Å². The van der Waals surface area contributed by atoms with Gasteiger partial charge in [0.25, 0.3) is 0 Å². The van der Waals surface area contributed by atoms with E-state index in [1.165, 1.54) is 21.9 Å². The molecule has 12 aromatic carbocycles. The van der Waals surface area contributed by atoms with E-state index in [2.05, 4.69) is 288 Å². The summed E-state index contributed by atoms with van der Waals surface area (Å²) in [5.41, 5.74) is 15.8. The van der Waals surface area contributed by atoms with Crippen molar-refractivity contribution in [2.75, 3.05) is 14.7 Å². The molecule has 0 spiro atoms. The van der Waals surface area contributed by atoms with Crippen molar-refractivity contribution >= 4 is 94.7 Å². The molecular formula is C68H47N3O. The Morgan fingerprint density at radius 1 is 0.222 bits per heavy atom. The zero-order valence-corrected chi connectivity index (χ0v) is 39.4. The van der Waals surface area contributed by atoms with E-state index in [-0.39, 0.29) is 0 Å². The van der Waals surface area contributed by atoms with Gasteiger partial charge in [0.2, 0.25) is 0 Å². The van der Waals surface area contributed by atoms with Gasteiger partial charge >= 0.3 is 0 Å². The van der Waals surface area contributed by atoms with Crippen molar-refractivity contribution in [2.24, 2.45) is 0 Å². The molecule has 4 nitrogen and oxygen atoms in total. The van der Waals surface area contributed by atoms with Crippen LogP contribution in [0.25, 0.3) is 65.7 Å². The highest BCUT2D eigenvalue weighted by molar-refractivity contribution is 6.09. The van der Waals surface area contributed by atoms with Crippen molar-refractivity contribution in [3.05, 3.63) is 285 Å². The maximum Gasteiger partial charge on any atom is 0.137 e. The monoisotopic (exact) mass is 921 g/mol. The van der Waals surface area contributed by atoms with E-state index >= 15 is 0 Å². The van der Waals surface area contributed by atoms with Crippen molar-refractivity contribution < 1.29 is 4.42 Å². The van der Waals surface area contributed by atoms with Crippen LogP contribution in [0.3, 0.4) is 0 Å². The second kappa shape index (κ2) is 18.4. The second-order valence-electron chi connectivity index (χ2n) is 18.2. The summed E-state index contributed by atoms with van der Waals surface area (Å²) in [6, 6.07) is 102. The van der Waals surface area contributed by atoms with Gasteiger partial charge in [-0.05, 0) is 142 Å². The molecule has 4 heteroatoms. The number of fused-ring (bicyclic) bond motifs is 5. The fourth-order valence-corrected chi connectivity index (χ4v) is 10.4. The largest absolute Gasteiger partial charge is 0.456 e. The van der Waals surface area contributed by atoms with Crippen LogP contribution in [0.2, 0.25) is 0 Å². The summed E-state index contributed by atoms with van der Waals surface area (Å²) in [4.78, 5) is 7.13. The normalized spacial score (nSPS) is 11.3. The van der Waals surface area contributed by atoms with Gasteiger partial charge in [-0.1, -0.05) is 176 Å². The first kappa shape index (κ1) is 42.5. The number of furan rings is 1. The Labute approximate surface area is 419 Å². The zero-order chi connectivity index (χ0) is 47.8. The highest BCUT2D eigenvalue weighted by atomic mass is 16.3. The molecule has 0 bridgehead atoms. The van der Waals surface area contributed by atoms with Gasteiger partial charge in [0.05, 0.1) is 5.69 Å². The Morgan fingerprint density at radius 3 is 1.38 bits per heavy atom. The number of para-hydroxylation sites is 4. The molecular weight excluding hydrogens is 875 g/mol. The lowest BCUT2D eigenvalue weighted by Crippen LogP contribution is -2.14. The summed E-state index contributed by atoms with van der Waals surface area (Å²) in [5, 5.41) is 6.86. The van der Waals surface area contributed by atoms with Crippen LogP contribution in [0.5, 0.6) is 0 Å². The number of hydrogen-bond acceptors (Lipinski definition) is 4. The lowest BCUT2D eigenvalue weighted by atomic mass is 9.94. The Morgan fingerprint density at radius 2 is 0.694 bits per heavy atom. The van der Waals surface area contributed by atoms with E-state index in [1.807, 2.05) is 12.1 Å². The van der Waals surface area contributed by atoms with Crippen molar-refractivity contribution in [3.63, 3.8) is 0 Å². The molecule has 0 N–H and O–H groups in total. The van der Waals surface area contributed by atoms with Crippen molar-refractivity contribution in [1.82, 2.24) is 0 Å². The van der Waals surface area contributed by atoms with E-state index in [4.69, 9.17) is 4.42 Å². The van der Waals surface area contributed by atoms with E-state index in [1.54, 1.807) is 0 Å². The molecule has 0 saturated carbocycles. The third-order valence-corrected chi connectivity index (χ3v) is 13.8. The fraction of sp³-hybridized carbons (Fsp3) is 0. The highest BCUT2D eigenvalue weighted by Crippen LogP contribution is 2.48. The number of nitrogens with zero attached hydrogens (tertiary/aromatic N) is 3. The molecule has 13 aromatic rings. The van der Waals surface area contributed by atoms with Gasteiger partial charge in [-0.15, -0.1) is 0 Å². The maximum absolute atomic E-state index is 6.48. The minimum atomic E-state index is 0.854. The van der Waals surface area contributed by atoms with Gasteiger partial charge < -0.3 is 19.1 Å². The average Bonchev–Trinajstić information content (AvgIpc) is 3.83. The molecule has 1 aromatic heterocycles. The standard InChI is InChI=1S/C68H47N3O/c1-5-19-48(20-6-1)50-33-36-56(37-34-50)69(53-23-7-2-8-24-53)59-44-52(45-60(46-59)70(54-25-9-3-10-26-54)57-38-35-49-21-13-14-22-51(49)43-57)61-41-42-66(63-30-16-15-29-62(61)63)71(55-27-11-4-12-28-55)58-39-40-65-64-31-17-18-32-67(64)72-68(65)47-58/h1-47H. The number of hydrogen-bond donors (Lipinski definition) is 0. The van der Waals surface area contributed by atoms with Crippen LogP contribution in [-0.4, -0.2) is 0 Å². The van der Waals surface area contributed by atoms with Crippen LogP contribution in [0.15, 0.2) is 290 Å². The highest BCUT2D eigenvalue weighted by Gasteiger charge is 2.23. The first-order valence-electron chi connectivity index (χ1n) is 24.5. The smallest absolute Gasteiger partial charge is 0.137 e. The van der Waals surface area contributed by atoms with E-state index in [9.17, 15) is 0 Å². The molecule has 72 heavy (non-hydrogen) atoms. The molecule has 0 aliphatic heterocycles. The number of benzene rings is 12. The van der Waals surface area contributed by atoms with Crippen LogP contribution in [0, 0.1) is 0 Å². The van der Waals surface area contributed by atoms with Gasteiger partial charge in [-0.2, -0.15) is 0 Å². The quantitative estimate of drug-likeness (QED) is 0.129. The second-order valence-corrected chi connectivity index (χ2v) is 18.2. The topological polar surface area (TPSA) is 22.9 Å². The Kier molecular flexibility index (Phi) is 10.8. The van der Waals surface area contributed by atoms with Gasteiger partial charge in [0.1, 0.15) is 11.2 Å². The molecule has 0 aliphatic carbocycles. The number of anilines is 9. The third kappa shape index (κ3) is 7.87. The summed E-state index contributed by atoms with van der Waals surface area (Å²) in [7, 11) is 0. The molecule has 13 rings (SSSR count). The van der Waals surface area contributed by atoms with Gasteiger partial charge in [-0.25, -0.2) is 0 Å². The maximum atomic E-state index is 6.48. The molecule has 340 valence electrons. The first-order valence-corrected chi connectivity index (χ1v) is 24.5. The van der Waals surface area contributed by atoms with Crippen molar-refractivity contribution in [2.45, 2.75) is 0 Å². The van der Waals surface area contributed by atoms with Crippen LogP contribution >= 0.6 is 0 Å². The summed E-state index contributed by atoms with van der Waals surface area (Å²) < 4.78 is 6.48. The first-order chi connectivity index (χ1) is 35.7. The summed E-state index contributed by atoms with van der Waals surface area (Å²) >= 11 is 0. The lowest BCUT2D eigenvalue weighted by Gasteiger charge is -2.31. The molecule has 0 unspecified atom stereocenters. The van der Waals surface area contributed by atoms with Crippen LogP contribution in [-0.2, 0) is 0 Å². The van der Waals surface area contributed by atoms with Crippen LogP contribution in [0.1, 0.15) is 0 Å². The van der Waals surface area contributed by atoms with Gasteiger partial charge in [0.15, 0.2) is 0 Å². The average molecular weight is 922 g/mol. The third-order valence-electron chi connectivity index (χ3n) is 13.8. The molecule has 0 radical (unpaired) electrons. The van der Waals surface area contributed by atoms with Crippen LogP contribution in [0.4, 0.5) is 51.2 Å². The van der Waals surface area contributed by atoms with E-state index in [0.29, 0.717) is 0 Å². The summed E-state index contributed by atoms with van der Waals surface area (Å²) in [6.45, 7) is 0. The Bertz CT molecular complexity index is 4040. The summed E-state index contributed by atoms with van der Waals surface area (Å²) in [5.74, 6) is 0. The molecule has 0 aliphatic rings. The molecule has 1 heterocycles. The van der Waals surface area contributed by atoms with Crippen LogP contribution < -0.4 is 14.7 Å². The molecule has 0 atom stereocenters. The minimum absolute atomic E-state index is 0.854. The summed E-state index contributed by atoms with van der Waals surface area (Å²) in [6.07, 6.45) is 0. The zero-order valence-electron chi connectivity index (χ0n) is 39.4. The van der Waals surface area contributed by atoms with Gasteiger partial charge in [0, 0.05) is 67.7 Å². The predicted octanol–water partition coefficient (Wildman–Crippen LogP) is 19.6. The van der Waals surface area contributed by atoms with E-state index in [0.717, 1.165) is 95.0 Å². The minimum Gasteiger partial charge on any atom is -0.456 e. The lowest BCUT2D eigenvalue weighted by molar-refractivity contribution is 0.669. The SMILES string of the molecule is c1ccc(-c2ccc(N(c3ccccc3)c3cc(-c4ccc(N(c5ccccc5)c5ccc6c(c5)oc5ccccc56)c5ccccc45)cc(N(c4ccccc4)c4ccc5ccccc5c4)c3)cc2)cc1.